The molecule has 3 fully saturated rings. The average Bonchev–Trinajstić information content (AvgIpc) is 3.24. The highest BCUT2D eigenvalue weighted by Gasteiger charge is 2.58. The molecule has 0 N–H and O–H groups in total. The van der Waals surface area contributed by atoms with Gasteiger partial charge in [-0.1, -0.05) is 29.8 Å². The van der Waals surface area contributed by atoms with Crippen LogP contribution in [0.3, 0.4) is 0 Å². The molecule has 3 saturated heterocycles. The number of carbonyl (C=O) groups is 1. The van der Waals surface area contributed by atoms with E-state index in [1.165, 1.54) is 11.9 Å². The Labute approximate surface area is 170 Å². The summed E-state index contributed by atoms with van der Waals surface area (Å²) in [5.74, 6) is 1.04. The van der Waals surface area contributed by atoms with Gasteiger partial charge < -0.3 is 14.5 Å². The van der Waals surface area contributed by atoms with E-state index in [4.69, 9.17) is 16.3 Å². The Balaban J connectivity index is 1.33. The zero-order valence-electron chi connectivity index (χ0n) is 16.1. The molecular formula is C21H25ClN4O2. The Hall–Kier alpha value is -1.92. The summed E-state index contributed by atoms with van der Waals surface area (Å²) in [6, 6.07) is 0.175. The highest BCUT2D eigenvalue weighted by atomic mass is 35.5. The van der Waals surface area contributed by atoms with Crippen molar-refractivity contribution in [3.8, 4) is 0 Å². The predicted molar refractivity (Wildman–Crippen MR) is 107 cm³/mol. The molecule has 1 aliphatic carbocycles. The van der Waals surface area contributed by atoms with Gasteiger partial charge in [0.2, 0.25) is 0 Å². The van der Waals surface area contributed by atoms with Crippen LogP contribution in [0.1, 0.15) is 44.1 Å². The first-order chi connectivity index (χ1) is 13.6. The lowest BCUT2D eigenvalue weighted by Gasteiger charge is -2.38. The second-order valence-electron chi connectivity index (χ2n) is 8.16. The lowest BCUT2D eigenvalue weighted by atomic mass is 9.89. The van der Waals surface area contributed by atoms with Gasteiger partial charge in [0.1, 0.15) is 23.5 Å². The summed E-state index contributed by atoms with van der Waals surface area (Å²) in [4.78, 5) is 26.1. The van der Waals surface area contributed by atoms with E-state index in [1.54, 1.807) is 0 Å². The monoisotopic (exact) mass is 400 g/mol. The molecule has 28 heavy (non-hydrogen) atoms. The standard InChI is InChI=1S/C21H25ClN4O2/c1-14-18(22)23-13-24-19(14)25-11-9-21(10-12-25)20(27)26-16(7-8-17(26)28-21)15-5-3-2-4-6-15/h3,5-6,13,16-17H,2,4,7-12H2,1H3/t16-,17+/m0/s1. The number of piperidine rings is 1. The quantitative estimate of drug-likeness (QED) is 0.712. The van der Waals surface area contributed by atoms with Crippen LogP contribution in [0, 0.1) is 6.92 Å². The third-order valence-electron chi connectivity index (χ3n) is 6.59. The molecule has 0 saturated carbocycles. The second-order valence-corrected chi connectivity index (χ2v) is 8.51. The minimum Gasteiger partial charge on any atom is -0.356 e. The number of rotatable bonds is 2. The van der Waals surface area contributed by atoms with Gasteiger partial charge in [-0.05, 0) is 38.2 Å². The minimum absolute atomic E-state index is 0.0736. The fourth-order valence-electron chi connectivity index (χ4n) is 5.07. The van der Waals surface area contributed by atoms with Crippen LogP contribution in [-0.4, -0.2) is 51.7 Å². The highest BCUT2D eigenvalue weighted by Crippen LogP contribution is 2.45. The predicted octanol–water partition coefficient (Wildman–Crippen LogP) is 3.40. The zero-order valence-corrected chi connectivity index (χ0v) is 16.9. The van der Waals surface area contributed by atoms with Crippen molar-refractivity contribution in [1.82, 2.24) is 14.9 Å². The lowest BCUT2D eigenvalue weighted by Crippen LogP contribution is -2.51. The molecule has 4 aliphatic rings. The van der Waals surface area contributed by atoms with Crippen molar-refractivity contribution in [1.29, 1.82) is 0 Å². The van der Waals surface area contributed by atoms with Crippen molar-refractivity contribution >= 4 is 23.3 Å². The number of nitrogens with zero attached hydrogens (tertiary/aromatic N) is 4. The topological polar surface area (TPSA) is 58.6 Å². The normalized spacial score (nSPS) is 28.8. The number of ether oxygens (including phenoxy) is 1. The van der Waals surface area contributed by atoms with Crippen molar-refractivity contribution in [3.05, 3.63) is 40.8 Å². The number of hydrogen-bond donors (Lipinski definition) is 0. The van der Waals surface area contributed by atoms with Crippen LogP contribution in [0.5, 0.6) is 0 Å². The molecule has 5 rings (SSSR count). The molecule has 1 amide bonds. The number of aromatic nitrogens is 2. The Morgan fingerprint density at radius 1 is 1.21 bits per heavy atom. The van der Waals surface area contributed by atoms with E-state index in [1.807, 2.05) is 11.8 Å². The Morgan fingerprint density at radius 2 is 2.04 bits per heavy atom. The van der Waals surface area contributed by atoms with E-state index in [9.17, 15) is 4.79 Å². The summed E-state index contributed by atoms with van der Waals surface area (Å²) in [6.45, 7) is 3.40. The van der Waals surface area contributed by atoms with Crippen molar-refractivity contribution in [3.63, 3.8) is 0 Å². The number of halogens is 1. The van der Waals surface area contributed by atoms with Gasteiger partial charge in [0.25, 0.3) is 5.91 Å². The number of anilines is 1. The number of amides is 1. The van der Waals surface area contributed by atoms with E-state index in [0.29, 0.717) is 18.0 Å². The maximum absolute atomic E-state index is 13.5. The molecule has 0 bridgehead atoms. The van der Waals surface area contributed by atoms with Crippen LogP contribution in [-0.2, 0) is 9.53 Å². The summed E-state index contributed by atoms with van der Waals surface area (Å²) >= 11 is 6.16. The molecule has 7 heteroatoms. The van der Waals surface area contributed by atoms with Crippen molar-refractivity contribution in [2.45, 2.75) is 63.3 Å². The van der Waals surface area contributed by atoms with E-state index in [-0.39, 0.29) is 18.2 Å². The van der Waals surface area contributed by atoms with Crippen LogP contribution >= 0.6 is 11.6 Å². The molecule has 148 valence electrons. The number of allylic oxidation sites excluding steroid dienone is 2. The summed E-state index contributed by atoms with van der Waals surface area (Å²) in [5.41, 5.74) is 1.49. The van der Waals surface area contributed by atoms with Gasteiger partial charge in [0.15, 0.2) is 5.60 Å². The number of carbonyl (C=O) groups excluding carboxylic acids is 1. The second kappa shape index (κ2) is 6.85. The van der Waals surface area contributed by atoms with Gasteiger partial charge in [0, 0.05) is 31.5 Å². The third kappa shape index (κ3) is 2.77. The summed E-state index contributed by atoms with van der Waals surface area (Å²) in [5, 5.41) is 0.482. The number of hydrogen-bond acceptors (Lipinski definition) is 5. The molecule has 1 aromatic heterocycles. The molecular weight excluding hydrogens is 376 g/mol. The van der Waals surface area contributed by atoms with Crippen LogP contribution in [0.25, 0.3) is 0 Å². The Kier molecular flexibility index (Phi) is 4.43. The first-order valence-electron chi connectivity index (χ1n) is 10.2. The van der Waals surface area contributed by atoms with Gasteiger partial charge >= 0.3 is 0 Å². The molecule has 1 spiro atoms. The molecule has 4 heterocycles. The lowest BCUT2D eigenvalue weighted by molar-refractivity contribution is -0.140. The van der Waals surface area contributed by atoms with Gasteiger partial charge in [-0.25, -0.2) is 9.97 Å². The van der Waals surface area contributed by atoms with Gasteiger partial charge in [-0.15, -0.1) is 0 Å². The SMILES string of the molecule is Cc1c(Cl)ncnc1N1CCC2(CC1)O[C@@H]1CC[C@@H](C3=CCCC=C3)N1C2=O. The van der Waals surface area contributed by atoms with Crippen LogP contribution < -0.4 is 4.90 Å². The highest BCUT2D eigenvalue weighted by molar-refractivity contribution is 6.30. The van der Waals surface area contributed by atoms with Crippen LogP contribution in [0.15, 0.2) is 30.1 Å². The van der Waals surface area contributed by atoms with Gasteiger partial charge in [-0.3, -0.25) is 4.79 Å². The summed E-state index contributed by atoms with van der Waals surface area (Å²) < 4.78 is 6.42. The largest absolute Gasteiger partial charge is 0.356 e. The van der Waals surface area contributed by atoms with E-state index >= 15 is 0 Å². The Morgan fingerprint density at radius 3 is 2.79 bits per heavy atom. The third-order valence-corrected chi connectivity index (χ3v) is 6.98. The van der Waals surface area contributed by atoms with E-state index < -0.39 is 5.60 Å². The fraction of sp³-hybridized carbons (Fsp3) is 0.571. The van der Waals surface area contributed by atoms with Crippen LogP contribution in [0.4, 0.5) is 5.82 Å². The van der Waals surface area contributed by atoms with Crippen molar-refractivity contribution < 1.29 is 9.53 Å². The first kappa shape index (κ1) is 18.1. The smallest absolute Gasteiger partial charge is 0.257 e. The fourth-order valence-corrected chi connectivity index (χ4v) is 5.20. The van der Waals surface area contributed by atoms with E-state index in [0.717, 1.165) is 50.2 Å². The first-order valence-corrected chi connectivity index (χ1v) is 10.6. The summed E-state index contributed by atoms with van der Waals surface area (Å²) in [6.07, 6.45) is 13.6. The average molecular weight is 401 g/mol. The molecule has 0 radical (unpaired) electrons. The molecule has 1 aromatic rings. The maximum Gasteiger partial charge on any atom is 0.257 e. The maximum atomic E-state index is 13.5. The van der Waals surface area contributed by atoms with Crippen molar-refractivity contribution in [2.75, 3.05) is 18.0 Å². The van der Waals surface area contributed by atoms with E-state index in [2.05, 4.69) is 33.1 Å². The van der Waals surface area contributed by atoms with Gasteiger partial charge in [-0.2, -0.15) is 0 Å². The summed E-state index contributed by atoms with van der Waals surface area (Å²) in [7, 11) is 0. The Bertz CT molecular complexity index is 860. The molecule has 2 atom stereocenters. The van der Waals surface area contributed by atoms with Crippen LogP contribution in [0.2, 0.25) is 5.15 Å². The molecule has 3 aliphatic heterocycles. The zero-order chi connectivity index (χ0) is 19.3. The number of fused-ring (bicyclic) bond motifs is 1. The molecule has 0 aromatic carbocycles. The molecule has 6 nitrogen and oxygen atoms in total. The minimum atomic E-state index is -0.677. The molecule has 0 unspecified atom stereocenters. The van der Waals surface area contributed by atoms with Crippen molar-refractivity contribution in [2.24, 2.45) is 0 Å². The van der Waals surface area contributed by atoms with Gasteiger partial charge in [0.05, 0.1) is 6.04 Å².